The van der Waals surface area contributed by atoms with Crippen LogP contribution in [0.15, 0.2) is 46.0 Å². The Balaban J connectivity index is 1.71. The van der Waals surface area contributed by atoms with Gasteiger partial charge in [0.1, 0.15) is 17.4 Å². The van der Waals surface area contributed by atoms with Gasteiger partial charge in [-0.2, -0.15) is 5.26 Å². The molecule has 0 bridgehead atoms. The Morgan fingerprint density at radius 2 is 2.00 bits per heavy atom. The number of rotatable bonds is 4. The number of nitriles is 1. The molecule has 1 atom stereocenters. The average Bonchev–Trinajstić information content (AvgIpc) is 3.28. The van der Waals surface area contributed by atoms with Gasteiger partial charge in [0.25, 0.3) is 5.56 Å². The van der Waals surface area contributed by atoms with Crippen molar-refractivity contribution in [3.8, 4) is 17.9 Å². The molecule has 1 saturated heterocycles. The second kappa shape index (κ2) is 9.37. The first-order chi connectivity index (χ1) is 17.4. The van der Waals surface area contributed by atoms with Gasteiger partial charge in [-0.15, -0.1) is 5.92 Å². The molecule has 0 saturated carbocycles. The van der Waals surface area contributed by atoms with Crippen molar-refractivity contribution >= 4 is 27.8 Å². The highest BCUT2D eigenvalue weighted by Gasteiger charge is 2.25. The summed E-state index contributed by atoms with van der Waals surface area (Å²) in [6, 6.07) is 13.3. The minimum absolute atomic E-state index is 0.0475. The minimum Gasteiger partial charge on any atom is -0.356 e. The number of pyridine rings is 1. The Hall–Kier alpha value is -4.34. The van der Waals surface area contributed by atoms with Crippen molar-refractivity contribution in [2.24, 2.45) is 12.8 Å². The van der Waals surface area contributed by atoms with Crippen molar-refractivity contribution in [1.29, 1.82) is 5.26 Å². The largest absolute Gasteiger partial charge is 0.356 e. The molecule has 0 amide bonds. The summed E-state index contributed by atoms with van der Waals surface area (Å²) in [6.07, 6.45) is 1.91. The van der Waals surface area contributed by atoms with Gasteiger partial charge in [0.15, 0.2) is 0 Å². The highest BCUT2D eigenvalue weighted by Crippen LogP contribution is 2.26. The number of benzene rings is 1. The smallest absolute Gasteiger partial charge is 0.331 e. The third kappa shape index (κ3) is 3.94. The van der Waals surface area contributed by atoms with E-state index in [1.807, 2.05) is 34.9 Å². The molecule has 4 heterocycles. The fraction of sp³-hybridized carbons (Fsp3) is 0.333. The van der Waals surface area contributed by atoms with Crippen molar-refractivity contribution in [1.82, 2.24) is 18.7 Å². The molecular formula is C27H27N7O2. The van der Waals surface area contributed by atoms with E-state index >= 15 is 0 Å². The van der Waals surface area contributed by atoms with Crippen LogP contribution in [0.2, 0.25) is 0 Å². The van der Waals surface area contributed by atoms with E-state index in [1.165, 1.54) is 4.57 Å². The van der Waals surface area contributed by atoms with Crippen LogP contribution in [0.4, 0.5) is 5.82 Å². The predicted molar refractivity (Wildman–Crippen MR) is 140 cm³/mol. The summed E-state index contributed by atoms with van der Waals surface area (Å²) in [5, 5.41) is 10.6. The molecule has 9 heteroatoms. The van der Waals surface area contributed by atoms with E-state index in [9.17, 15) is 14.9 Å². The Morgan fingerprint density at radius 1 is 1.19 bits per heavy atom. The van der Waals surface area contributed by atoms with Gasteiger partial charge in [-0.05, 0) is 31.9 Å². The molecule has 0 unspecified atom stereocenters. The van der Waals surface area contributed by atoms with E-state index in [0.29, 0.717) is 40.9 Å². The predicted octanol–water partition coefficient (Wildman–Crippen LogP) is 1.92. The number of fused-ring (bicyclic) bond motifs is 2. The van der Waals surface area contributed by atoms with Gasteiger partial charge in [0.2, 0.25) is 0 Å². The highest BCUT2D eigenvalue weighted by molar-refractivity contribution is 5.82. The molecule has 1 aliphatic rings. The second-order valence-electron chi connectivity index (χ2n) is 9.12. The van der Waals surface area contributed by atoms with Gasteiger partial charge >= 0.3 is 5.69 Å². The maximum atomic E-state index is 13.8. The maximum absolute atomic E-state index is 13.8. The molecule has 0 spiro atoms. The molecule has 1 fully saturated rings. The van der Waals surface area contributed by atoms with Gasteiger partial charge in [-0.3, -0.25) is 13.9 Å². The number of hydrogen-bond donors (Lipinski definition) is 1. The zero-order valence-electron chi connectivity index (χ0n) is 20.4. The van der Waals surface area contributed by atoms with Gasteiger partial charge in [-0.25, -0.2) is 9.78 Å². The molecule has 182 valence electrons. The van der Waals surface area contributed by atoms with Crippen LogP contribution in [0, 0.1) is 23.2 Å². The highest BCUT2D eigenvalue weighted by atomic mass is 16.2. The fourth-order valence-electron chi connectivity index (χ4n) is 4.96. The molecule has 1 aliphatic heterocycles. The normalized spacial score (nSPS) is 15.6. The number of hydrogen-bond acceptors (Lipinski definition) is 6. The number of aromatic nitrogens is 4. The average molecular weight is 482 g/mol. The van der Waals surface area contributed by atoms with E-state index in [1.54, 1.807) is 20.0 Å². The minimum atomic E-state index is -0.466. The first-order valence-electron chi connectivity index (χ1n) is 11.9. The summed E-state index contributed by atoms with van der Waals surface area (Å²) < 4.78 is 4.51. The molecule has 36 heavy (non-hydrogen) atoms. The first-order valence-corrected chi connectivity index (χ1v) is 11.9. The van der Waals surface area contributed by atoms with Gasteiger partial charge in [0, 0.05) is 37.6 Å². The summed E-state index contributed by atoms with van der Waals surface area (Å²) in [4.78, 5) is 34.0. The molecule has 0 radical (unpaired) electrons. The lowest BCUT2D eigenvalue weighted by molar-refractivity contribution is 0.499. The molecule has 1 aromatic carbocycles. The third-order valence-electron chi connectivity index (χ3n) is 6.81. The number of nitrogens with zero attached hydrogens (tertiary/aromatic N) is 6. The number of piperidine rings is 1. The Kier molecular flexibility index (Phi) is 6.09. The molecule has 5 rings (SSSR count). The van der Waals surface area contributed by atoms with Crippen LogP contribution < -0.4 is 21.9 Å². The number of aryl methyl sites for hydroxylation is 1. The Bertz CT molecular complexity index is 1710. The molecular weight excluding hydrogens is 454 g/mol. The number of para-hydroxylation sites is 1. The second-order valence-corrected chi connectivity index (χ2v) is 9.12. The number of anilines is 1. The van der Waals surface area contributed by atoms with Crippen molar-refractivity contribution in [2.75, 3.05) is 18.0 Å². The van der Waals surface area contributed by atoms with Crippen molar-refractivity contribution in [2.45, 2.75) is 38.9 Å². The lowest BCUT2D eigenvalue weighted by Crippen LogP contribution is -2.43. The summed E-state index contributed by atoms with van der Waals surface area (Å²) in [6.45, 7) is 3.45. The summed E-state index contributed by atoms with van der Waals surface area (Å²) in [5.41, 5.74) is 7.68. The van der Waals surface area contributed by atoms with E-state index < -0.39 is 11.2 Å². The summed E-state index contributed by atoms with van der Waals surface area (Å²) >= 11 is 0. The lowest BCUT2D eigenvalue weighted by Gasteiger charge is -2.32. The summed E-state index contributed by atoms with van der Waals surface area (Å²) in [5.74, 6) is 6.80. The van der Waals surface area contributed by atoms with Crippen LogP contribution in [0.3, 0.4) is 0 Å². The van der Waals surface area contributed by atoms with Crippen molar-refractivity contribution in [3.63, 3.8) is 0 Å². The molecule has 2 N–H and O–H groups in total. The molecule has 4 aromatic rings. The zero-order chi connectivity index (χ0) is 25.4. The first kappa shape index (κ1) is 23.4. The molecule has 0 aliphatic carbocycles. The van der Waals surface area contributed by atoms with Crippen LogP contribution in [-0.4, -0.2) is 37.8 Å². The van der Waals surface area contributed by atoms with E-state index in [2.05, 4.69) is 27.8 Å². The molecule has 9 nitrogen and oxygen atoms in total. The summed E-state index contributed by atoms with van der Waals surface area (Å²) in [7, 11) is 1.65. The van der Waals surface area contributed by atoms with Crippen LogP contribution in [0.5, 0.6) is 0 Å². The van der Waals surface area contributed by atoms with Crippen molar-refractivity contribution < 1.29 is 0 Å². The number of nitrogens with two attached hydrogens (primary N) is 1. The quantitative estimate of drug-likeness (QED) is 0.446. The third-order valence-corrected chi connectivity index (χ3v) is 6.81. The Morgan fingerprint density at radius 3 is 2.75 bits per heavy atom. The van der Waals surface area contributed by atoms with E-state index in [0.717, 1.165) is 35.2 Å². The van der Waals surface area contributed by atoms with Gasteiger partial charge < -0.3 is 15.2 Å². The van der Waals surface area contributed by atoms with Crippen LogP contribution in [0.1, 0.15) is 31.0 Å². The van der Waals surface area contributed by atoms with Crippen LogP contribution >= 0.6 is 0 Å². The topological polar surface area (TPSA) is 115 Å². The van der Waals surface area contributed by atoms with Gasteiger partial charge in [-0.1, -0.05) is 24.1 Å². The SMILES string of the molecule is CC#CCn1c(N2CCC[C@@H](N)C2)cc2c1c(=O)n(Cc1nc3ccccc3cc1C#N)c(=O)n2C. The van der Waals surface area contributed by atoms with Crippen molar-refractivity contribution in [3.05, 3.63) is 68.5 Å². The standard InChI is InChI=1S/C27H27N7O2/c1-3-4-12-33-24(32-11-7-9-20(29)16-32)14-23-25(33)26(35)34(27(36)31(23)2)17-22-19(15-28)13-18-8-5-6-10-21(18)30-22/h5-6,8,10,13-14,20H,7,9,11-12,16-17,29H2,1-2H3/t20-/m1/s1. The fourth-order valence-corrected chi connectivity index (χ4v) is 4.96. The maximum Gasteiger partial charge on any atom is 0.331 e. The Labute approximate surface area is 208 Å². The van der Waals surface area contributed by atoms with Crippen LogP contribution in [-0.2, 0) is 20.1 Å². The molecule has 3 aromatic heterocycles. The lowest BCUT2D eigenvalue weighted by atomic mass is 10.1. The van der Waals surface area contributed by atoms with E-state index in [4.69, 9.17) is 5.73 Å². The van der Waals surface area contributed by atoms with E-state index in [-0.39, 0.29) is 12.6 Å². The monoisotopic (exact) mass is 481 g/mol. The zero-order valence-corrected chi connectivity index (χ0v) is 20.4. The van der Waals surface area contributed by atoms with Gasteiger partial charge in [0.05, 0.1) is 35.4 Å². The van der Waals surface area contributed by atoms with Crippen LogP contribution in [0.25, 0.3) is 21.9 Å².